The normalized spacial score (nSPS) is 11.2. The van der Waals surface area contributed by atoms with Crippen molar-refractivity contribution in [1.82, 2.24) is 0 Å². The van der Waals surface area contributed by atoms with Crippen molar-refractivity contribution in [1.29, 1.82) is 0 Å². The third-order valence-corrected chi connectivity index (χ3v) is 2.08. The highest BCUT2D eigenvalue weighted by Gasteiger charge is 1.91. The molecule has 0 saturated heterocycles. The summed E-state index contributed by atoms with van der Waals surface area (Å²) in [5.41, 5.74) is 1.14. The van der Waals surface area contributed by atoms with Gasteiger partial charge in [-0.1, -0.05) is 48.6 Å². The molecule has 0 heterocycles. The zero-order chi connectivity index (χ0) is 13.1. The Morgan fingerprint density at radius 1 is 1.17 bits per heavy atom. The summed E-state index contributed by atoms with van der Waals surface area (Å²) >= 11 is 0. The number of carbonyl (C=O) groups excluding carboxylic acids is 1. The molecule has 0 spiro atoms. The number of rotatable bonds is 7. The van der Waals surface area contributed by atoms with Gasteiger partial charge in [0.05, 0.1) is 19.8 Å². The molecular formula is C15H18O3. The monoisotopic (exact) mass is 246 g/mol. The largest absolute Gasteiger partial charge is 0.463 e. The Labute approximate surface area is 108 Å². The fourth-order valence-corrected chi connectivity index (χ4v) is 1.29. The predicted molar refractivity (Wildman–Crippen MR) is 72.1 cm³/mol. The van der Waals surface area contributed by atoms with Crippen molar-refractivity contribution >= 4 is 12.0 Å². The molecule has 1 aromatic rings. The molecule has 0 aliphatic carbocycles. The van der Waals surface area contributed by atoms with Crippen molar-refractivity contribution < 1.29 is 14.3 Å². The molecule has 1 aromatic carbocycles. The summed E-state index contributed by atoms with van der Waals surface area (Å²) in [5, 5.41) is 0. The molecule has 18 heavy (non-hydrogen) atoms. The van der Waals surface area contributed by atoms with Crippen LogP contribution in [0.4, 0.5) is 0 Å². The summed E-state index contributed by atoms with van der Waals surface area (Å²) < 4.78 is 10.0. The third-order valence-electron chi connectivity index (χ3n) is 2.08. The SMILES string of the molecule is CCOC(=O)/C=C/COC/C=C/c1ccccc1. The van der Waals surface area contributed by atoms with Crippen LogP contribution in [0.1, 0.15) is 12.5 Å². The Morgan fingerprint density at radius 3 is 2.61 bits per heavy atom. The van der Waals surface area contributed by atoms with Crippen LogP contribution in [-0.2, 0) is 14.3 Å². The standard InChI is InChI=1S/C15H18O3/c1-2-18-15(16)11-7-13-17-12-6-10-14-8-4-3-5-9-14/h3-11H,2,12-13H2,1H3/b10-6+,11-7+. The van der Waals surface area contributed by atoms with Crippen LogP contribution in [-0.4, -0.2) is 25.8 Å². The molecule has 3 heteroatoms. The molecule has 0 N–H and O–H groups in total. The summed E-state index contributed by atoms with van der Waals surface area (Å²) in [6.45, 7) is 3.08. The van der Waals surface area contributed by atoms with Gasteiger partial charge in [0.15, 0.2) is 0 Å². The van der Waals surface area contributed by atoms with E-state index in [1.807, 2.05) is 42.5 Å². The van der Waals surface area contributed by atoms with Crippen LogP contribution < -0.4 is 0 Å². The highest BCUT2D eigenvalue weighted by molar-refractivity contribution is 5.81. The van der Waals surface area contributed by atoms with Gasteiger partial charge in [-0.15, -0.1) is 0 Å². The number of ether oxygens (including phenoxy) is 2. The van der Waals surface area contributed by atoms with Crippen LogP contribution in [0.15, 0.2) is 48.6 Å². The van der Waals surface area contributed by atoms with E-state index >= 15 is 0 Å². The van der Waals surface area contributed by atoms with E-state index < -0.39 is 0 Å². The second-order valence-corrected chi connectivity index (χ2v) is 3.50. The van der Waals surface area contributed by atoms with Gasteiger partial charge in [-0.3, -0.25) is 0 Å². The predicted octanol–water partition coefficient (Wildman–Crippen LogP) is 2.84. The Hall–Kier alpha value is -1.87. The molecule has 0 aromatic heterocycles. The molecule has 0 fully saturated rings. The quantitative estimate of drug-likeness (QED) is 0.421. The van der Waals surface area contributed by atoms with Gasteiger partial charge in [-0.05, 0) is 12.5 Å². The molecule has 0 amide bonds. The van der Waals surface area contributed by atoms with Gasteiger partial charge in [0.2, 0.25) is 0 Å². The van der Waals surface area contributed by atoms with Gasteiger partial charge in [0, 0.05) is 6.08 Å². The topological polar surface area (TPSA) is 35.5 Å². The zero-order valence-electron chi connectivity index (χ0n) is 10.5. The van der Waals surface area contributed by atoms with E-state index in [0.29, 0.717) is 19.8 Å². The second kappa shape index (κ2) is 9.19. The first-order valence-corrected chi connectivity index (χ1v) is 5.95. The van der Waals surface area contributed by atoms with E-state index in [9.17, 15) is 4.79 Å². The minimum Gasteiger partial charge on any atom is -0.463 e. The van der Waals surface area contributed by atoms with Crippen molar-refractivity contribution in [2.45, 2.75) is 6.92 Å². The Bertz CT molecular complexity index is 393. The van der Waals surface area contributed by atoms with Crippen molar-refractivity contribution in [2.24, 2.45) is 0 Å². The van der Waals surface area contributed by atoms with Gasteiger partial charge >= 0.3 is 5.97 Å². The maximum absolute atomic E-state index is 10.9. The van der Waals surface area contributed by atoms with Gasteiger partial charge in [0.25, 0.3) is 0 Å². The highest BCUT2D eigenvalue weighted by Crippen LogP contribution is 2.00. The zero-order valence-corrected chi connectivity index (χ0v) is 10.5. The minimum absolute atomic E-state index is 0.332. The number of benzene rings is 1. The highest BCUT2D eigenvalue weighted by atomic mass is 16.5. The van der Waals surface area contributed by atoms with E-state index in [1.54, 1.807) is 13.0 Å². The third kappa shape index (κ3) is 6.66. The van der Waals surface area contributed by atoms with E-state index in [0.717, 1.165) is 5.56 Å². The summed E-state index contributed by atoms with van der Waals surface area (Å²) in [7, 11) is 0. The van der Waals surface area contributed by atoms with Gasteiger partial charge in [0.1, 0.15) is 0 Å². The Balaban J connectivity index is 2.12. The van der Waals surface area contributed by atoms with Gasteiger partial charge < -0.3 is 9.47 Å². The summed E-state index contributed by atoms with van der Waals surface area (Å²) in [5.74, 6) is -0.332. The van der Waals surface area contributed by atoms with E-state index in [1.165, 1.54) is 6.08 Å². The first-order chi connectivity index (χ1) is 8.83. The van der Waals surface area contributed by atoms with Crippen LogP contribution in [0.25, 0.3) is 6.08 Å². The maximum atomic E-state index is 10.9. The van der Waals surface area contributed by atoms with Crippen molar-refractivity contribution in [3.8, 4) is 0 Å². The van der Waals surface area contributed by atoms with Crippen LogP contribution in [0.2, 0.25) is 0 Å². The van der Waals surface area contributed by atoms with Crippen LogP contribution in [0, 0.1) is 0 Å². The molecule has 0 atom stereocenters. The van der Waals surface area contributed by atoms with Gasteiger partial charge in [-0.2, -0.15) is 0 Å². The number of hydrogen-bond acceptors (Lipinski definition) is 3. The number of esters is 1. The Kier molecular flexibility index (Phi) is 7.25. The maximum Gasteiger partial charge on any atom is 0.330 e. The van der Waals surface area contributed by atoms with E-state index in [-0.39, 0.29) is 5.97 Å². The average Bonchev–Trinajstić information content (AvgIpc) is 2.39. The lowest BCUT2D eigenvalue weighted by Crippen LogP contribution is -2.00. The molecular weight excluding hydrogens is 228 g/mol. The van der Waals surface area contributed by atoms with Crippen molar-refractivity contribution in [2.75, 3.05) is 19.8 Å². The fraction of sp³-hybridized carbons (Fsp3) is 0.267. The molecule has 0 unspecified atom stereocenters. The first kappa shape index (κ1) is 14.2. The molecule has 0 saturated carbocycles. The molecule has 0 aliphatic rings. The van der Waals surface area contributed by atoms with Gasteiger partial charge in [-0.25, -0.2) is 4.79 Å². The van der Waals surface area contributed by atoms with Crippen LogP contribution in [0.5, 0.6) is 0 Å². The minimum atomic E-state index is -0.332. The lowest BCUT2D eigenvalue weighted by molar-refractivity contribution is -0.137. The smallest absolute Gasteiger partial charge is 0.330 e. The second-order valence-electron chi connectivity index (χ2n) is 3.50. The average molecular weight is 246 g/mol. The lowest BCUT2D eigenvalue weighted by Gasteiger charge is -1.96. The van der Waals surface area contributed by atoms with E-state index in [4.69, 9.17) is 9.47 Å². The summed E-state index contributed by atoms with van der Waals surface area (Å²) in [6, 6.07) is 10.0. The molecule has 1 rings (SSSR count). The molecule has 0 bridgehead atoms. The number of carbonyl (C=O) groups is 1. The van der Waals surface area contributed by atoms with Crippen LogP contribution in [0.3, 0.4) is 0 Å². The van der Waals surface area contributed by atoms with E-state index in [2.05, 4.69) is 0 Å². The lowest BCUT2D eigenvalue weighted by atomic mass is 10.2. The molecule has 3 nitrogen and oxygen atoms in total. The van der Waals surface area contributed by atoms with Crippen LogP contribution >= 0.6 is 0 Å². The van der Waals surface area contributed by atoms with Crippen molar-refractivity contribution in [3.63, 3.8) is 0 Å². The first-order valence-electron chi connectivity index (χ1n) is 5.95. The number of hydrogen-bond donors (Lipinski definition) is 0. The van der Waals surface area contributed by atoms with Crippen molar-refractivity contribution in [3.05, 3.63) is 54.1 Å². The molecule has 0 aliphatic heterocycles. The Morgan fingerprint density at radius 2 is 1.89 bits per heavy atom. The molecule has 0 radical (unpaired) electrons. The fourth-order valence-electron chi connectivity index (χ4n) is 1.29. The summed E-state index contributed by atoms with van der Waals surface area (Å²) in [4.78, 5) is 10.9. The summed E-state index contributed by atoms with van der Waals surface area (Å²) in [6.07, 6.45) is 6.96. The molecule has 96 valence electrons.